The Bertz CT molecular complexity index is 1370. The number of nitrogens with zero attached hydrogens (tertiary/aromatic N) is 1. The summed E-state index contributed by atoms with van der Waals surface area (Å²) in [6.07, 6.45) is 4.31. The van der Waals surface area contributed by atoms with Gasteiger partial charge in [0.15, 0.2) is 0 Å². The lowest BCUT2D eigenvalue weighted by Gasteiger charge is -2.15. The molecular weight excluding hydrogens is 398 g/mol. The molecule has 0 saturated heterocycles. The second-order valence-corrected chi connectivity index (χ2v) is 8.51. The van der Waals surface area contributed by atoms with Crippen molar-refractivity contribution in [1.29, 1.82) is 0 Å². The minimum Gasteiger partial charge on any atom is -0.309 e. The fourth-order valence-corrected chi connectivity index (χ4v) is 4.11. The van der Waals surface area contributed by atoms with Gasteiger partial charge in [0.2, 0.25) is 0 Å². The van der Waals surface area contributed by atoms with E-state index in [0.29, 0.717) is 0 Å². The van der Waals surface area contributed by atoms with E-state index in [1.165, 1.54) is 50.5 Å². The summed E-state index contributed by atoms with van der Waals surface area (Å²) in [6.45, 7) is 4.25. The Kier molecular flexibility index (Phi) is 5.78. The van der Waals surface area contributed by atoms with Crippen molar-refractivity contribution in [1.82, 2.24) is 4.57 Å². The summed E-state index contributed by atoms with van der Waals surface area (Å²) in [5, 5.41) is 0. The molecule has 0 fully saturated rings. The first-order valence-electron chi connectivity index (χ1n) is 11.4. The maximum Gasteiger partial charge on any atom is 0.0535 e. The lowest BCUT2D eigenvalue weighted by molar-refractivity contribution is 1.09. The van der Waals surface area contributed by atoms with E-state index in [4.69, 9.17) is 0 Å². The van der Waals surface area contributed by atoms with Crippen LogP contribution in [0.5, 0.6) is 0 Å². The van der Waals surface area contributed by atoms with Gasteiger partial charge in [-0.15, -0.1) is 0 Å². The molecule has 4 aromatic carbocycles. The summed E-state index contributed by atoms with van der Waals surface area (Å²) in [4.78, 5) is 0. The molecule has 0 aliphatic heterocycles. The molecule has 0 atom stereocenters. The van der Waals surface area contributed by atoms with Gasteiger partial charge in [-0.1, -0.05) is 114 Å². The highest BCUT2D eigenvalue weighted by atomic mass is 15.0. The van der Waals surface area contributed by atoms with E-state index in [1.807, 2.05) is 6.07 Å². The molecule has 1 aromatic heterocycles. The quantitative estimate of drug-likeness (QED) is 0.248. The fraction of sp³-hybridized carbons (Fsp3) is 0.0625. The second-order valence-electron chi connectivity index (χ2n) is 8.51. The zero-order valence-corrected chi connectivity index (χ0v) is 19.1. The van der Waals surface area contributed by atoms with Crippen LogP contribution in [0, 0.1) is 13.8 Å². The van der Waals surface area contributed by atoms with Crippen LogP contribution in [0.2, 0.25) is 0 Å². The van der Waals surface area contributed by atoms with Crippen molar-refractivity contribution in [2.75, 3.05) is 0 Å². The number of hydrogen-bond donors (Lipinski definition) is 0. The first-order chi connectivity index (χ1) is 16.2. The molecule has 0 saturated carbocycles. The van der Waals surface area contributed by atoms with Gasteiger partial charge >= 0.3 is 0 Å². The average molecular weight is 426 g/mol. The third-order valence-corrected chi connectivity index (χ3v) is 5.99. The minimum absolute atomic E-state index is 1.17. The van der Waals surface area contributed by atoms with Gasteiger partial charge < -0.3 is 4.57 Å². The maximum atomic E-state index is 2.36. The smallest absolute Gasteiger partial charge is 0.0535 e. The van der Waals surface area contributed by atoms with E-state index in [1.54, 1.807) is 0 Å². The Morgan fingerprint density at radius 2 is 0.909 bits per heavy atom. The van der Waals surface area contributed by atoms with Crippen LogP contribution >= 0.6 is 0 Å². The molecule has 160 valence electrons. The van der Waals surface area contributed by atoms with Crippen LogP contribution < -0.4 is 0 Å². The molecule has 1 heterocycles. The molecule has 33 heavy (non-hydrogen) atoms. The van der Waals surface area contributed by atoms with Crippen LogP contribution in [0.4, 0.5) is 0 Å². The summed E-state index contributed by atoms with van der Waals surface area (Å²) in [7, 11) is 0. The van der Waals surface area contributed by atoms with Gasteiger partial charge in [0.05, 0.1) is 11.4 Å². The molecule has 0 N–H and O–H groups in total. The SMILES string of the molecule is Cc1ccc(-c2ccc(-c3ccc(/C=C/c4ccccc4)cc3)n2-c2ccc(C)cc2)cc1. The Morgan fingerprint density at radius 3 is 1.45 bits per heavy atom. The topological polar surface area (TPSA) is 4.93 Å². The molecular formula is C32H27N. The first kappa shape index (κ1) is 20.8. The van der Waals surface area contributed by atoms with Crippen molar-refractivity contribution >= 4 is 12.2 Å². The van der Waals surface area contributed by atoms with Gasteiger partial charge in [0, 0.05) is 5.69 Å². The number of benzene rings is 4. The van der Waals surface area contributed by atoms with Crippen LogP contribution in [0.3, 0.4) is 0 Å². The standard InChI is InChI=1S/C32H27N/c1-24-8-16-28(17-9-24)31-22-23-32(33(31)30-20-10-25(2)11-21-30)29-18-14-27(15-19-29)13-12-26-6-4-3-5-7-26/h3-23H,1-2H3/b13-12+. The van der Waals surface area contributed by atoms with Gasteiger partial charge in [-0.05, 0) is 60.4 Å². The predicted octanol–water partition coefficient (Wildman–Crippen LogP) is 8.60. The molecule has 0 aliphatic carbocycles. The van der Waals surface area contributed by atoms with E-state index in [-0.39, 0.29) is 0 Å². The fourth-order valence-electron chi connectivity index (χ4n) is 4.11. The molecule has 0 aliphatic rings. The predicted molar refractivity (Wildman–Crippen MR) is 141 cm³/mol. The highest BCUT2D eigenvalue weighted by molar-refractivity contribution is 5.75. The molecule has 5 aromatic rings. The van der Waals surface area contributed by atoms with Crippen molar-refractivity contribution < 1.29 is 0 Å². The van der Waals surface area contributed by atoms with Gasteiger partial charge in [-0.25, -0.2) is 0 Å². The van der Waals surface area contributed by atoms with E-state index in [0.717, 1.165) is 0 Å². The van der Waals surface area contributed by atoms with Crippen molar-refractivity contribution in [2.24, 2.45) is 0 Å². The summed E-state index contributed by atoms with van der Waals surface area (Å²) in [6, 6.07) is 41.2. The largest absolute Gasteiger partial charge is 0.309 e. The van der Waals surface area contributed by atoms with Crippen LogP contribution in [0.15, 0.2) is 115 Å². The number of aryl methyl sites for hydroxylation is 2. The third-order valence-electron chi connectivity index (χ3n) is 5.99. The lowest BCUT2D eigenvalue weighted by atomic mass is 10.1. The molecule has 1 nitrogen and oxygen atoms in total. The van der Waals surface area contributed by atoms with Crippen LogP contribution in [0.25, 0.3) is 40.4 Å². The van der Waals surface area contributed by atoms with E-state index < -0.39 is 0 Å². The van der Waals surface area contributed by atoms with E-state index in [2.05, 4.69) is 140 Å². The Balaban J connectivity index is 1.54. The number of rotatable bonds is 5. The number of hydrogen-bond acceptors (Lipinski definition) is 0. The molecule has 1 heteroatoms. The van der Waals surface area contributed by atoms with E-state index in [9.17, 15) is 0 Å². The third kappa shape index (κ3) is 4.58. The monoisotopic (exact) mass is 425 g/mol. The van der Waals surface area contributed by atoms with Crippen molar-refractivity contribution in [2.45, 2.75) is 13.8 Å². The summed E-state index contributed by atoms with van der Waals surface area (Å²) in [5.41, 5.74) is 10.9. The van der Waals surface area contributed by atoms with Gasteiger partial charge in [-0.2, -0.15) is 0 Å². The Morgan fingerprint density at radius 1 is 0.455 bits per heavy atom. The van der Waals surface area contributed by atoms with Crippen LogP contribution in [-0.4, -0.2) is 4.57 Å². The summed E-state index contributed by atoms with van der Waals surface area (Å²) >= 11 is 0. The van der Waals surface area contributed by atoms with Crippen molar-refractivity contribution in [3.8, 4) is 28.2 Å². The number of aromatic nitrogens is 1. The van der Waals surface area contributed by atoms with Crippen LogP contribution in [-0.2, 0) is 0 Å². The zero-order valence-electron chi connectivity index (χ0n) is 19.1. The summed E-state index contributed by atoms with van der Waals surface area (Å²) < 4.78 is 2.36. The zero-order chi connectivity index (χ0) is 22.6. The average Bonchev–Trinajstić information content (AvgIpc) is 3.30. The molecule has 0 amide bonds. The van der Waals surface area contributed by atoms with Crippen LogP contribution in [0.1, 0.15) is 22.3 Å². The van der Waals surface area contributed by atoms with Crippen molar-refractivity contribution in [3.05, 3.63) is 138 Å². The van der Waals surface area contributed by atoms with Gasteiger partial charge in [-0.3, -0.25) is 0 Å². The normalized spacial score (nSPS) is 11.2. The first-order valence-corrected chi connectivity index (χ1v) is 11.4. The Hall–Kier alpha value is -4.10. The van der Waals surface area contributed by atoms with Gasteiger partial charge in [0.1, 0.15) is 0 Å². The molecule has 0 unspecified atom stereocenters. The van der Waals surface area contributed by atoms with Crippen molar-refractivity contribution in [3.63, 3.8) is 0 Å². The second kappa shape index (κ2) is 9.18. The lowest BCUT2D eigenvalue weighted by Crippen LogP contribution is -1.99. The van der Waals surface area contributed by atoms with Gasteiger partial charge in [0.25, 0.3) is 0 Å². The highest BCUT2D eigenvalue weighted by Gasteiger charge is 2.13. The Labute approximate surface area is 196 Å². The highest BCUT2D eigenvalue weighted by Crippen LogP contribution is 2.33. The maximum absolute atomic E-state index is 2.36. The van der Waals surface area contributed by atoms with E-state index >= 15 is 0 Å². The molecule has 0 spiro atoms. The molecule has 5 rings (SSSR count). The molecule has 0 bridgehead atoms. The summed E-state index contributed by atoms with van der Waals surface area (Å²) in [5.74, 6) is 0. The minimum atomic E-state index is 1.17. The molecule has 0 radical (unpaired) electrons.